The van der Waals surface area contributed by atoms with Gasteiger partial charge in [-0.15, -0.1) is 0 Å². The molecule has 27 heavy (non-hydrogen) atoms. The van der Waals surface area contributed by atoms with Crippen LogP contribution in [0, 0.1) is 18.8 Å². The van der Waals surface area contributed by atoms with Crippen molar-refractivity contribution in [1.29, 1.82) is 0 Å². The van der Waals surface area contributed by atoms with Crippen LogP contribution in [0.3, 0.4) is 0 Å². The number of piperidine rings is 3. The summed E-state index contributed by atoms with van der Waals surface area (Å²) in [5.74, 6) is 3.50. The van der Waals surface area contributed by atoms with Gasteiger partial charge in [0.15, 0.2) is 5.65 Å². The fourth-order valence-corrected chi connectivity index (χ4v) is 6.13. The molecule has 2 bridgehead atoms. The fraction of sp³-hybridized carbons (Fsp3) is 0.762. The maximum absolute atomic E-state index is 4.89. The zero-order valence-corrected chi connectivity index (χ0v) is 16.9. The molecule has 0 N–H and O–H groups in total. The van der Waals surface area contributed by atoms with Crippen molar-refractivity contribution in [1.82, 2.24) is 24.6 Å². The van der Waals surface area contributed by atoms with E-state index < -0.39 is 0 Å². The van der Waals surface area contributed by atoms with Gasteiger partial charge in [-0.2, -0.15) is 5.10 Å². The number of hydrogen-bond acceptors (Lipinski definition) is 5. The van der Waals surface area contributed by atoms with E-state index in [1.54, 1.807) is 0 Å². The van der Waals surface area contributed by atoms with Gasteiger partial charge in [0, 0.05) is 32.2 Å². The van der Waals surface area contributed by atoms with Crippen LogP contribution in [0.4, 0.5) is 5.82 Å². The van der Waals surface area contributed by atoms with E-state index in [1.807, 2.05) is 24.9 Å². The summed E-state index contributed by atoms with van der Waals surface area (Å²) >= 11 is 0. The SMILES string of the molecule is CCC[C@H]1[C@H]2C[C@H](CN(c3nc(C)nc4c3cnn4C)C2)[C@@H]2CCCCN21. The molecule has 0 aliphatic carbocycles. The van der Waals surface area contributed by atoms with Gasteiger partial charge in [-0.25, -0.2) is 9.97 Å². The quantitative estimate of drug-likeness (QED) is 0.833. The largest absolute Gasteiger partial charge is 0.355 e. The number of nitrogens with zero attached hydrogens (tertiary/aromatic N) is 6. The van der Waals surface area contributed by atoms with Crippen LogP contribution in [-0.4, -0.2) is 56.4 Å². The van der Waals surface area contributed by atoms with Crippen molar-refractivity contribution in [3.63, 3.8) is 0 Å². The Bertz CT molecular complexity index is 829. The topological polar surface area (TPSA) is 50.1 Å². The lowest BCUT2D eigenvalue weighted by molar-refractivity contribution is -0.0354. The van der Waals surface area contributed by atoms with Gasteiger partial charge < -0.3 is 4.90 Å². The third-order valence-corrected chi connectivity index (χ3v) is 7.19. The average Bonchev–Trinajstić information content (AvgIpc) is 3.05. The van der Waals surface area contributed by atoms with Crippen molar-refractivity contribution in [3.05, 3.63) is 12.0 Å². The first-order valence-corrected chi connectivity index (χ1v) is 10.8. The van der Waals surface area contributed by atoms with Crippen molar-refractivity contribution in [3.8, 4) is 0 Å². The molecule has 4 atom stereocenters. The highest BCUT2D eigenvalue weighted by Gasteiger charge is 2.47. The highest BCUT2D eigenvalue weighted by Crippen LogP contribution is 2.43. The van der Waals surface area contributed by atoms with E-state index >= 15 is 0 Å². The standard InChI is InChI=1S/C21H32N6/c1-4-7-18-15-10-16(19-8-5-6-9-27(18)19)13-26(12-15)21-17-11-22-25(3)20(17)23-14(2)24-21/h11,15-16,18-19H,4-10,12-13H2,1-3H3/t15-,16+,18-,19-/m0/s1. The number of rotatable bonds is 3. The molecule has 0 amide bonds. The Labute approximate surface area is 162 Å². The smallest absolute Gasteiger partial charge is 0.163 e. The summed E-state index contributed by atoms with van der Waals surface area (Å²) in [7, 11) is 1.97. The van der Waals surface area contributed by atoms with Crippen molar-refractivity contribution >= 4 is 16.9 Å². The van der Waals surface area contributed by atoms with Crippen molar-refractivity contribution in [2.75, 3.05) is 24.5 Å². The summed E-state index contributed by atoms with van der Waals surface area (Å²) in [5.41, 5.74) is 0.956. The van der Waals surface area contributed by atoms with Gasteiger partial charge >= 0.3 is 0 Å². The lowest BCUT2D eigenvalue weighted by atomic mass is 9.71. The molecular weight excluding hydrogens is 336 g/mol. The molecule has 0 saturated carbocycles. The Morgan fingerprint density at radius 1 is 1.15 bits per heavy atom. The van der Waals surface area contributed by atoms with Crippen LogP contribution in [0.5, 0.6) is 0 Å². The van der Waals surface area contributed by atoms with E-state index in [2.05, 4.69) is 26.8 Å². The second kappa shape index (κ2) is 6.73. The van der Waals surface area contributed by atoms with Gasteiger partial charge in [0.25, 0.3) is 0 Å². The Balaban J connectivity index is 1.51. The molecule has 2 aromatic rings. The van der Waals surface area contributed by atoms with Gasteiger partial charge in [-0.1, -0.05) is 19.8 Å². The summed E-state index contributed by atoms with van der Waals surface area (Å²) in [6.07, 6.45) is 10.2. The maximum Gasteiger partial charge on any atom is 0.163 e. The van der Waals surface area contributed by atoms with E-state index in [9.17, 15) is 0 Å². The summed E-state index contributed by atoms with van der Waals surface area (Å²) in [4.78, 5) is 15.0. The van der Waals surface area contributed by atoms with Crippen LogP contribution in [0.2, 0.25) is 0 Å². The molecule has 5 rings (SSSR count). The molecule has 6 heteroatoms. The minimum absolute atomic E-state index is 0.756. The van der Waals surface area contributed by atoms with Gasteiger partial charge in [-0.3, -0.25) is 9.58 Å². The number of fused-ring (bicyclic) bond motifs is 5. The maximum atomic E-state index is 4.89. The molecule has 3 saturated heterocycles. The molecule has 0 unspecified atom stereocenters. The Kier molecular flexibility index (Phi) is 4.34. The van der Waals surface area contributed by atoms with Gasteiger partial charge in [-0.05, 0) is 51.0 Å². The second-order valence-electron chi connectivity index (χ2n) is 8.92. The van der Waals surface area contributed by atoms with Crippen molar-refractivity contribution in [2.45, 2.75) is 64.5 Å². The third-order valence-electron chi connectivity index (χ3n) is 7.19. The summed E-state index contributed by atoms with van der Waals surface area (Å²) in [5, 5.41) is 5.56. The van der Waals surface area contributed by atoms with Crippen molar-refractivity contribution in [2.24, 2.45) is 18.9 Å². The fourth-order valence-electron chi connectivity index (χ4n) is 6.13. The first kappa shape index (κ1) is 17.4. The van der Waals surface area contributed by atoms with E-state index in [0.717, 1.165) is 59.7 Å². The molecule has 6 nitrogen and oxygen atoms in total. The number of anilines is 1. The van der Waals surface area contributed by atoms with Crippen LogP contribution in [0.1, 0.15) is 51.3 Å². The Hall–Kier alpha value is -1.69. The molecule has 146 valence electrons. The molecule has 5 heterocycles. The number of hydrogen-bond donors (Lipinski definition) is 0. The normalized spacial score (nSPS) is 31.3. The van der Waals surface area contributed by atoms with Gasteiger partial charge in [0.05, 0.1) is 11.6 Å². The number of aromatic nitrogens is 4. The zero-order chi connectivity index (χ0) is 18.5. The summed E-state index contributed by atoms with van der Waals surface area (Å²) < 4.78 is 1.88. The van der Waals surface area contributed by atoms with E-state index in [0.29, 0.717) is 0 Å². The zero-order valence-electron chi connectivity index (χ0n) is 16.9. The first-order chi connectivity index (χ1) is 13.2. The minimum atomic E-state index is 0.756. The molecule has 3 fully saturated rings. The van der Waals surface area contributed by atoms with E-state index in [4.69, 9.17) is 4.98 Å². The monoisotopic (exact) mass is 368 g/mol. The van der Waals surface area contributed by atoms with Crippen LogP contribution in [0.15, 0.2) is 6.20 Å². The molecule has 0 aromatic carbocycles. The third kappa shape index (κ3) is 2.84. The first-order valence-electron chi connectivity index (χ1n) is 10.8. The highest BCUT2D eigenvalue weighted by atomic mass is 15.3. The highest BCUT2D eigenvalue weighted by molar-refractivity contribution is 5.87. The number of aryl methyl sites for hydroxylation is 2. The molecule has 0 radical (unpaired) electrons. The van der Waals surface area contributed by atoms with Crippen LogP contribution in [-0.2, 0) is 7.05 Å². The average molecular weight is 369 g/mol. The van der Waals surface area contributed by atoms with E-state index in [-0.39, 0.29) is 0 Å². The van der Waals surface area contributed by atoms with Gasteiger partial charge in [0.1, 0.15) is 11.6 Å². The van der Waals surface area contributed by atoms with Crippen LogP contribution in [0.25, 0.3) is 11.0 Å². The molecule has 3 aliphatic rings. The lowest BCUT2D eigenvalue weighted by Gasteiger charge is -2.57. The Morgan fingerprint density at radius 3 is 2.85 bits per heavy atom. The predicted octanol–water partition coefficient (Wildman–Crippen LogP) is 3.15. The minimum Gasteiger partial charge on any atom is -0.355 e. The second-order valence-corrected chi connectivity index (χ2v) is 8.92. The Morgan fingerprint density at radius 2 is 2.00 bits per heavy atom. The predicted molar refractivity (Wildman–Crippen MR) is 108 cm³/mol. The summed E-state index contributed by atoms with van der Waals surface area (Å²) in [6, 6.07) is 1.54. The van der Waals surface area contributed by atoms with Crippen LogP contribution < -0.4 is 4.90 Å². The van der Waals surface area contributed by atoms with Crippen LogP contribution >= 0.6 is 0 Å². The van der Waals surface area contributed by atoms with Gasteiger partial charge in [0.2, 0.25) is 0 Å². The molecule has 3 aliphatic heterocycles. The summed E-state index contributed by atoms with van der Waals surface area (Å²) in [6.45, 7) is 7.94. The molecular formula is C21H32N6. The molecule has 2 aromatic heterocycles. The lowest BCUT2D eigenvalue weighted by Crippen LogP contribution is -2.63. The van der Waals surface area contributed by atoms with Crippen molar-refractivity contribution < 1.29 is 0 Å². The molecule has 0 spiro atoms. The van der Waals surface area contributed by atoms with E-state index in [1.165, 1.54) is 45.1 Å².